The Morgan fingerprint density at radius 2 is 0.565 bits per heavy atom. The number of fused-ring (bicyclic) bond motifs is 16. The summed E-state index contributed by atoms with van der Waals surface area (Å²) in [5.74, 6) is 0. The largest absolute Gasteiger partial charge is 0.356 e. The van der Waals surface area contributed by atoms with Crippen molar-refractivity contribution in [2.45, 2.75) is 49.4 Å². The summed E-state index contributed by atoms with van der Waals surface area (Å²) in [5.41, 5.74) is 36.2. The van der Waals surface area contributed by atoms with Crippen molar-refractivity contribution in [1.82, 2.24) is 0 Å². The Balaban J connectivity index is 0.000000125. The highest BCUT2D eigenvalue weighted by Gasteiger charge is 2.49. The van der Waals surface area contributed by atoms with Gasteiger partial charge in [0.1, 0.15) is 0 Å². The van der Waals surface area contributed by atoms with Gasteiger partial charge in [-0.3, -0.25) is 0 Å². The predicted octanol–water partition coefficient (Wildman–Crippen LogP) is 30.0. The summed E-state index contributed by atoms with van der Waals surface area (Å²) in [5, 5.41) is 8.62. The third-order valence-electron chi connectivity index (χ3n) is 25.0. The van der Waals surface area contributed by atoms with Crippen LogP contribution in [0, 0.1) is 0 Å². The molecule has 2 nitrogen and oxygen atoms in total. The van der Waals surface area contributed by atoms with Crippen LogP contribution in [0.25, 0.3) is 88.3 Å². The molecule has 548 valence electrons. The summed E-state index contributed by atoms with van der Waals surface area (Å²) in [6.45, 7) is 9.35. The number of para-hydroxylation sites is 2. The predicted molar refractivity (Wildman–Crippen MR) is 487 cm³/mol. The molecule has 0 unspecified atom stereocenters. The zero-order chi connectivity index (χ0) is 77.4. The molecule has 0 fully saturated rings. The van der Waals surface area contributed by atoms with Gasteiger partial charge in [0.2, 0.25) is 0 Å². The highest BCUT2D eigenvalue weighted by atomic mass is 79.9. The highest BCUT2D eigenvalue weighted by molar-refractivity contribution is 9.10. The van der Waals surface area contributed by atoms with Crippen LogP contribution in [-0.4, -0.2) is 0 Å². The van der Waals surface area contributed by atoms with E-state index in [4.69, 9.17) is 0 Å². The van der Waals surface area contributed by atoms with Gasteiger partial charge in [0.05, 0.1) is 10.8 Å². The molecule has 0 heterocycles. The Morgan fingerprint density at radius 3 is 1.03 bits per heavy atom. The third kappa shape index (κ3) is 11.6. The molecule has 18 aromatic carbocycles. The standard InChI is InChI=1S/C56H41N.C35H23Br.C21H19N/c1-55(2)50-29-16-15-26-46(50)47-32-30-42(36-52(47)55)57(41-24-13-6-14-25-41)43-31-33-49-53(37-43)56(39-20-9-4-10-21-39,40-22-11-5-12-23-40)51-35-34-45-44(38-18-7-3-8-19-38)27-17-28-48(45)54(49)51;36-27-19-20-31-33(23-27)35(25-13-6-2-7-14-25,26-15-8-3-9-16-26)32-22-21-29-28(24-11-4-1-5-12-24)17-10-18-30(29)34(31)32;1-21(2)19-11-7-6-10-17(19)18-13-12-16(14-20(18)21)22-15-8-4-3-5-9-15/h3-37H,1-2H3;1-23H;3-14,22H,1-2H3. The molecule has 0 spiro atoms. The Kier molecular flexibility index (Phi) is 17.6. The van der Waals surface area contributed by atoms with Crippen molar-refractivity contribution in [1.29, 1.82) is 0 Å². The SMILES string of the molecule is Brc1ccc2c(c1)C(c1ccccc1)(c1ccccc1)c1ccc3c(-c4ccccc4)cccc3c1-2.CC1(C)c2ccccc2-c2ccc(N(c3ccccc3)c3ccc4c(c3)C(c3ccccc3)(c3ccccc3)c3ccc5c(-c6ccccc6)cccc5c3-4)cc21.CC1(C)c2ccccc2-c2ccc(Nc3ccccc3)cc21. The lowest BCUT2D eigenvalue weighted by atomic mass is 9.67. The molecule has 115 heavy (non-hydrogen) atoms. The summed E-state index contributed by atoms with van der Waals surface area (Å²) in [7, 11) is 0. The van der Waals surface area contributed by atoms with Crippen LogP contribution < -0.4 is 10.2 Å². The monoisotopic (exact) mass is 1530 g/mol. The molecule has 0 aromatic heterocycles. The zero-order valence-corrected chi connectivity index (χ0v) is 66.3. The van der Waals surface area contributed by atoms with E-state index < -0.39 is 10.8 Å². The van der Waals surface area contributed by atoms with Crippen LogP contribution >= 0.6 is 15.9 Å². The van der Waals surface area contributed by atoms with Crippen molar-refractivity contribution in [3.63, 3.8) is 0 Å². The van der Waals surface area contributed by atoms with Crippen molar-refractivity contribution in [2.24, 2.45) is 0 Å². The second kappa shape index (κ2) is 28.6. The molecule has 0 radical (unpaired) electrons. The number of rotatable bonds is 11. The maximum Gasteiger partial charge on any atom is 0.0714 e. The van der Waals surface area contributed by atoms with Crippen LogP contribution in [0.5, 0.6) is 0 Å². The first-order valence-corrected chi connectivity index (χ1v) is 40.9. The molecular formula is C112H83BrN2. The molecule has 0 atom stereocenters. The first kappa shape index (κ1) is 70.7. The average molecular weight is 1540 g/mol. The zero-order valence-electron chi connectivity index (χ0n) is 64.7. The van der Waals surface area contributed by atoms with E-state index in [0.29, 0.717) is 0 Å². The number of benzene rings is 18. The van der Waals surface area contributed by atoms with E-state index >= 15 is 0 Å². The molecular weight excluding hydrogens is 1450 g/mol. The van der Waals surface area contributed by atoms with Gasteiger partial charge in [0.25, 0.3) is 0 Å². The molecule has 0 saturated carbocycles. The maximum atomic E-state index is 3.80. The summed E-state index contributed by atoms with van der Waals surface area (Å²) < 4.78 is 1.10. The van der Waals surface area contributed by atoms with Gasteiger partial charge in [-0.05, 0) is 228 Å². The normalized spacial score (nSPS) is 13.9. The van der Waals surface area contributed by atoms with Crippen molar-refractivity contribution in [3.8, 4) is 66.8 Å². The van der Waals surface area contributed by atoms with E-state index in [9.17, 15) is 0 Å². The Morgan fingerprint density at radius 1 is 0.217 bits per heavy atom. The Hall–Kier alpha value is -13.4. The molecule has 4 aliphatic carbocycles. The highest BCUT2D eigenvalue weighted by Crippen LogP contribution is 2.62. The smallest absolute Gasteiger partial charge is 0.0714 e. The fourth-order valence-electron chi connectivity index (χ4n) is 19.9. The minimum absolute atomic E-state index is 0.0559. The van der Waals surface area contributed by atoms with E-state index in [1.54, 1.807) is 0 Å². The van der Waals surface area contributed by atoms with Gasteiger partial charge in [-0.1, -0.05) is 395 Å². The number of halogens is 1. The van der Waals surface area contributed by atoms with Crippen molar-refractivity contribution >= 4 is 65.9 Å². The summed E-state index contributed by atoms with van der Waals surface area (Å²) in [6, 6.07) is 155. The number of hydrogen-bond acceptors (Lipinski definition) is 2. The van der Waals surface area contributed by atoms with Gasteiger partial charge in [-0.2, -0.15) is 0 Å². The van der Waals surface area contributed by atoms with Gasteiger partial charge in [-0.15, -0.1) is 0 Å². The van der Waals surface area contributed by atoms with Crippen molar-refractivity contribution in [3.05, 3.63) is 496 Å². The minimum Gasteiger partial charge on any atom is -0.356 e. The average Bonchev–Trinajstić information content (AvgIpc) is 1.53. The van der Waals surface area contributed by atoms with E-state index in [1.807, 2.05) is 6.07 Å². The first-order chi connectivity index (χ1) is 56.5. The molecule has 4 aliphatic rings. The summed E-state index contributed by atoms with van der Waals surface area (Å²) in [4.78, 5) is 2.45. The summed E-state index contributed by atoms with van der Waals surface area (Å²) >= 11 is 3.80. The lowest BCUT2D eigenvalue weighted by Crippen LogP contribution is -2.28. The molecule has 3 heteroatoms. The maximum absolute atomic E-state index is 3.80. The number of hydrogen-bond donors (Lipinski definition) is 1. The van der Waals surface area contributed by atoms with E-state index in [-0.39, 0.29) is 10.8 Å². The lowest BCUT2D eigenvalue weighted by molar-refractivity contribution is 0.660. The van der Waals surface area contributed by atoms with E-state index in [0.717, 1.165) is 32.9 Å². The summed E-state index contributed by atoms with van der Waals surface area (Å²) in [6.07, 6.45) is 0. The van der Waals surface area contributed by atoms with Crippen molar-refractivity contribution in [2.75, 3.05) is 10.2 Å². The van der Waals surface area contributed by atoms with Crippen LogP contribution in [0.2, 0.25) is 0 Å². The van der Waals surface area contributed by atoms with Gasteiger partial charge >= 0.3 is 0 Å². The molecule has 22 rings (SSSR count). The molecule has 0 aliphatic heterocycles. The van der Waals surface area contributed by atoms with Crippen LogP contribution in [0.1, 0.15) is 94.5 Å². The lowest BCUT2D eigenvalue weighted by Gasteiger charge is -2.35. The van der Waals surface area contributed by atoms with Gasteiger partial charge < -0.3 is 10.2 Å². The van der Waals surface area contributed by atoms with E-state index in [1.165, 1.54) is 155 Å². The molecule has 0 amide bonds. The van der Waals surface area contributed by atoms with Gasteiger partial charge in [0.15, 0.2) is 0 Å². The van der Waals surface area contributed by atoms with Crippen LogP contribution in [-0.2, 0) is 21.7 Å². The number of anilines is 5. The Bertz CT molecular complexity index is 6640. The fourth-order valence-corrected chi connectivity index (χ4v) is 20.2. The first-order valence-electron chi connectivity index (χ1n) is 40.1. The molecule has 0 bridgehead atoms. The number of nitrogens with one attached hydrogen (secondary N) is 1. The topological polar surface area (TPSA) is 15.3 Å². The van der Waals surface area contributed by atoms with Gasteiger partial charge in [0, 0.05) is 43.7 Å². The second-order valence-corrected chi connectivity index (χ2v) is 32.8. The fraction of sp³-hybridized carbons (Fsp3) is 0.0714. The van der Waals surface area contributed by atoms with Gasteiger partial charge in [-0.25, -0.2) is 0 Å². The molecule has 1 N–H and O–H groups in total. The molecule has 0 saturated heterocycles. The number of nitrogens with zero attached hydrogens (tertiary/aromatic N) is 1. The minimum atomic E-state index is -0.552. The van der Waals surface area contributed by atoms with Crippen LogP contribution in [0.4, 0.5) is 28.4 Å². The quantitative estimate of drug-likeness (QED) is 0.139. The van der Waals surface area contributed by atoms with Crippen LogP contribution in [0.3, 0.4) is 0 Å². The van der Waals surface area contributed by atoms with E-state index in [2.05, 4.69) is 472 Å². The van der Waals surface area contributed by atoms with Crippen molar-refractivity contribution < 1.29 is 0 Å². The second-order valence-electron chi connectivity index (χ2n) is 31.9. The van der Waals surface area contributed by atoms with Crippen LogP contribution in [0.15, 0.2) is 429 Å². The Labute approximate surface area is 683 Å². The third-order valence-corrected chi connectivity index (χ3v) is 25.5. The molecule has 18 aromatic rings.